The van der Waals surface area contributed by atoms with Gasteiger partial charge in [-0.1, -0.05) is 19.3 Å². The van der Waals surface area contributed by atoms with E-state index in [1.807, 2.05) is 0 Å². The Hall–Kier alpha value is -0.0200. The van der Waals surface area contributed by atoms with Gasteiger partial charge >= 0.3 is 0 Å². The Balaban J connectivity index is 2.59. The summed E-state index contributed by atoms with van der Waals surface area (Å²) in [7, 11) is 0. The Morgan fingerprint density at radius 2 is 1.92 bits per heavy atom. The van der Waals surface area contributed by atoms with Crippen LogP contribution in [-0.2, 0) is 4.79 Å². The third-order valence-corrected chi connectivity index (χ3v) is 3.29. The highest BCUT2D eigenvalue weighted by atomic mass is 32.1. The van der Waals surface area contributed by atoms with Gasteiger partial charge in [0.15, 0.2) is 0 Å². The molecule has 0 amide bonds. The quantitative estimate of drug-likeness (QED) is 0.648. The second-order valence-corrected chi connectivity index (χ2v) is 4.19. The lowest BCUT2D eigenvalue weighted by Crippen LogP contribution is -2.41. The minimum atomic E-state index is -1.20. The highest BCUT2D eigenvalue weighted by molar-refractivity contribution is 7.96. The standard InChI is InChI=1S/C9H16O2S/c1-9(11,8(10)12)7-5-3-2-4-6-7/h7,11H,2-6H2,1H3,(H,10,12). The lowest BCUT2D eigenvalue weighted by molar-refractivity contribution is -0.132. The molecular weight excluding hydrogens is 172 g/mol. The first-order chi connectivity index (χ1) is 5.55. The molecule has 0 heterocycles. The SMILES string of the molecule is CC(O)(C(=O)S)C1CCCCC1. The molecule has 0 saturated heterocycles. The van der Waals surface area contributed by atoms with Crippen molar-refractivity contribution in [3.63, 3.8) is 0 Å². The molecule has 3 heteroatoms. The molecule has 1 unspecified atom stereocenters. The largest absolute Gasteiger partial charge is 0.381 e. The summed E-state index contributed by atoms with van der Waals surface area (Å²) in [6.45, 7) is 1.58. The van der Waals surface area contributed by atoms with Crippen molar-refractivity contribution in [3.8, 4) is 0 Å². The molecule has 0 aliphatic heterocycles. The zero-order chi connectivity index (χ0) is 9.19. The second kappa shape index (κ2) is 3.79. The van der Waals surface area contributed by atoms with Crippen LogP contribution in [-0.4, -0.2) is 15.8 Å². The van der Waals surface area contributed by atoms with E-state index in [4.69, 9.17) is 0 Å². The predicted molar refractivity (Wildman–Crippen MR) is 51.2 cm³/mol. The van der Waals surface area contributed by atoms with Crippen molar-refractivity contribution in [1.82, 2.24) is 0 Å². The van der Waals surface area contributed by atoms with Crippen LogP contribution < -0.4 is 0 Å². The van der Waals surface area contributed by atoms with Gasteiger partial charge in [0.05, 0.1) is 0 Å². The van der Waals surface area contributed by atoms with Gasteiger partial charge in [-0.05, 0) is 25.7 Å². The summed E-state index contributed by atoms with van der Waals surface area (Å²) >= 11 is 3.70. The molecule has 0 spiro atoms. The molecule has 0 aromatic rings. The lowest BCUT2D eigenvalue weighted by atomic mass is 9.78. The zero-order valence-electron chi connectivity index (χ0n) is 7.42. The van der Waals surface area contributed by atoms with Crippen LogP contribution in [0.3, 0.4) is 0 Å². The molecule has 12 heavy (non-hydrogen) atoms. The summed E-state index contributed by atoms with van der Waals surface area (Å²) in [5, 5.41) is 9.40. The molecule has 1 aliphatic rings. The summed E-state index contributed by atoms with van der Waals surface area (Å²) in [6, 6.07) is 0. The van der Waals surface area contributed by atoms with Gasteiger partial charge in [-0.3, -0.25) is 4.79 Å². The fraction of sp³-hybridized carbons (Fsp3) is 0.889. The fourth-order valence-electron chi connectivity index (χ4n) is 1.84. The lowest BCUT2D eigenvalue weighted by Gasteiger charge is -2.32. The van der Waals surface area contributed by atoms with Crippen LogP contribution in [0, 0.1) is 5.92 Å². The third-order valence-electron chi connectivity index (χ3n) is 2.83. The van der Waals surface area contributed by atoms with Crippen molar-refractivity contribution in [2.75, 3.05) is 0 Å². The van der Waals surface area contributed by atoms with Crippen LogP contribution in [0.15, 0.2) is 0 Å². The molecule has 1 atom stereocenters. The molecule has 0 bridgehead atoms. The van der Waals surface area contributed by atoms with Crippen LogP contribution in [0.2, 0.25) is 0 Å². The Morgan fingerprint density at radius 1 is 1.42 bits per heavy atom. The van der Waals surface area contributed by atoms with Gasteiger partial charge in [-0.15, -0.1) is 12.6 Å². The first-order valence-corrected chi connectivity index (χ1v) is 4.95. The van der Waals surface area contributed by atoms with Crippen LogP contribution in [0.5, 0.6) is 0 Å². The maximum absolute atomic E-state index is 11.0. The molecule has 1 rings (SSSR count). The van der Waals surface area contributed by atoms with Crippen molar-refractivity contribution >= 4 is 17.7 Å². The monoisotopic (exact) mass is 188 g/mol. The number of hydrogen-bond donors (Lipinski definition) is 2. The summed E-state index contributed by atoms with van der Waals surface area (Å²) in [5.74, 6) is 0.122. The molecule has 0 aromatic heterocycles. The average molecular weight is 188 g/mol. The van der Waals surface area contributed by atoms with Gasteiger partial charge in [0.1, 0.15) is 5.60 Å². The van der Waals surface area contributed by atoms with E-state index in [0.717, 1.165) is 25.7 Å². The van der Waals surface area contributed by atoms with Gasteiger partial charge in [-0.25, -0.2) is 0 Å². The van der Waals surface area contributed by atoms with E-state index in [2.05, 4.69) is 12.6 Å². The Labute approximate surface area is 78.8 Å². The van der Waals surface area contributed by atoms with Crippen molar-refractivity contribution in [2.24, 2.45) is 5.92 Å². The molecule has 0 radical (unpaired) electrons. The number of carbonyl (C=O) groups excluding carboxylic acids is 1. The minimum absolute atomic E-state index is 0.122. The molecule has 2 nitrogen and oxygen atoms in total. The number of aliphatic hydroxyl groups is 1. The van der Waals surface area contributed by atoms with Crippen LogP contribution >= 0.6 is 12.6 Å². The van der Waals surface area contributed by atoms with Crippen LogP contribution in [0.1, 0.15) is 39.0 Å². The predicted octanol–water partition coefficient (Wildman–Crippen LogP) is 1.77. The fourth-order valence-corrected chi connectivity index (χ4v) is 2.02. The van der Waals surface area contributed by atoms with E-state index < -0.39 is 10.7 Å². The van der Waals surface area contributed by atoms with Gasteiger partial charge < -0.3 is 5.11 Å². The highest BCUT2D eigenvalue weighted by Crippen LogP contribution is 2.33. The van der Waals surface area contributed by atoms with Crippen molar-refractivity contribution in [1.29, 1.82) is 0 Å². The number of carbonyl (C=O) groups is 1. The third kappa shape index (κ3) is 2.02. The minimum Gasteiger partial charge on any atom is -0.381 e. The van der Waals surface area contributed by atoms with E-state index in [-0.39, 0.29) is 5.92 Å². The van der Waals surface area contributed by atoms with Gasteiger partial charge in [-0.2, -0.15) is 0 Å². The average Bonchev–Trinajstić information content (AvgIpc) is 2.06. The second-order valence-electron chi connectivity index (χ2n) is 3.79. The number of rotatable bonds is 2. The summed E-state index contributed by atoms with van der Waals surface area (Å²) in [5.41, 5.74) is -1.20. The van der Waals surface area contributed by atoms with Gasteiger partial charge in [0.2, 0.25) is 5.12 Å². The summed E-state index contributed by atoms with van der Waals surface area (Å²) in [6.07, 6.45) is 5.40. The van der Waals surface area contributed by atoms with E-state index in [0.29, 0.717) is 0 Å². The number of hydrogen-bond acceptors (Lipinski definition) is 2. The van der Waals surface area contributed by atoms with Crippen LogP contribution in [0.4, 0.5) is 0 Å². The Kier molecular flexibility index (Phi) is 3.18. The molecule has 0 aromatic carbocycles. The highest BCUT2D eigenvalue weighted by Gasteiger charge is 2.37. The first-order valence-electron chi connectivity index (χ1n) is 4.51. The van der Waals surface area contributed by atoms with E-state index >= 15 is 0 Å². The van der Waals surface area contributed by atoms with Crippen molar-refractivity contribution in [2.45, 2.75) is 44.6 Å². The molecule has 1 aliphatic carbocycles. The normalized spacial score (nSPS) is 24.9. The maximum atomic E-state index is 11.0. The summed E-state index contributed by atoms with van der Waals surface area (Å²) in [4.78, 5) is 11.0. The first kappa shape index (κ1) is 10.1. The van der Waals surface area contributed by atoms with Crippen molar-refractivity contribution < 1.29 is 9.90 Å². The molecule has 1 N–H and O–H groups in total. The van der Waals surface area contributed by atoms with E-state index in [1.54, 1.807) is 6.92 Å². The molecule has 70 valence electrons. The van der Waals surface area contributed by atoms with Gasteiger partial charge in [0.25, 0.3) is 0 Å². The molecule has 1 fully saturated rings. The maximum Gasteiger partial charge on any atom is 0.217 e. The van der Waals surface area contributed by atoms with Gasteiger partial charge in [0, 0.05) is 0 Å². The Morgan fingerprint density at radius 3 is 2.33 bits per heavy atom. The number of thiol groups is 1. The molecule has 1 saturated carbocycles. The molecular formula is C9H16O2S. The Bertz CT molecular complexity index is 171. The van der Waals surface area contributed by atoms with E-state index in [9.17, 15) is 9.90 Å². The zero-order valence-corrected chi connectivity index (χ0v) is 8.31. The van der Waals surface area contributed by atoms with Crippen molar-refractivity contribution in [3.05, 3.63) is 0 Å². The van der Waals surface area contributed by atoms with Crippen LogP contribution in [0.25, 0.3) is 0 Å². The topological polar surface area (TPSA) is 37.3 Å². The smallest absolute Gasteiger partial charge is 0.217 e. The van der Waals surface area contributed by atoms with E-state index in [1.165, 1.54) is 6.42 Å². The summed E-state index contributed by atoms with van der Waals surface area (Å²) < 4.78 is 0.